The summed E-state index contributed by atoms with van der Waals surface area (Å²) in [6.07, 6.45) is 4.24. The van der Waals surface area contributed by atoms with Crippen LogP contribution in [-0.2, 0) is 13.0 Å². The third-order valence-electron chi connectivity index (χ3n) is 7.54. The van der Waals surface area contributed by atoms with Gasteiger partial charge in [0.15, 0.2) is 0 Å². The molecule has 3 N–H and O–H groups in total. The van der Waals surface area contributed by atoms with Gasteiger partial charge in [0, 0.05) is 64.0 Å². The highest BCUT2D eigenvalue weighted by Crippen LogP contribution is 2.26. The average Bonchev–Trinajstić information content (AvgIpc) is 2.85. The normalized spacial score (nSPS) is 20.1. The van der Waals surface area contributed by atoms with Crippen LogP contribution < -0.4 is 15.5 Å². The maximum Gasteiger partial charge on any atom is 0.131 e. The summed E-state index contributed by atoms with van der Waals surface area (Å²) in [4.78, 5) is 12.6. The number of aliphatic hydroxyl groups is 1. The van der Waals surface area contributed by atoms with Gasteiger partial charge in [0.05, 0.1) is 6.10 Å². The van der Waals surface area contributed by atoms with Crippen LogP contribution in [0.1, 0.15) is 36.0 Å². The van der Waals surface area contributed by atoms with Crippen LogP contribution in [0.15, 0.2) is 36.4 Å². The van der Waals surface area contributed by atoms with Crippen molar-refractivity contribution in [1.29, 1.82) is 0 Å². The first-order valence-corrected chi connectivity index (χ1v) is 13.4. The number of hydrogen-bond acceptors (Lipinski definition) is 7. The van der Waals surface area contributed by atoms with E-state index in [0.717, 1.165) is 62.9 Å². The molecule has 0 unspecified atom stereocenters. The number of piperazine rings is 1. The molecule has 5 rings (SSSR count). The van der Waals surface area contributed by atoms with Crippen molar-refractivity contribution in [2.24, 2.45) is 0 Å². The number of β-amino-alcohol motifs (C(OH)–C–C–N with tert-alkyl or cyclic N) is 1. The first-order valence-electron chi connectivity index (χ1n) is 13.0. The summed E-state index contributed by atoms with van der Waals surface area (Å²) in [7, 11) is 2.16. The van der Waals surface area contributed by atoms with Crippen LogP contribution in [0.4, 0.5) is 11.6 Å². The van der Waals surface area contributed by atoms with Gasteiger partial charge >= 0.3 is 0 Å². The molecule has 1 aliphatic carbocycles. The second-order valence-electron chi connectivity index (χ2n) is 10.3. The predicted octanol–water partition coefficient (Wildman–Crippen LogP) is 2.48. The first-order chi connectivity index (χ1) is 17.0. The minimum Gasteiger partial charge on any atom is -0.390 e. The van der Waals surface area contributed by atoms with Crippen molar-refractivity contribution in [3.63, 3.8) is 0 Å². The second kappa shape index (κ2) is 11.2. The van der Waals surface area contributed by atoms with Gasteiger partial charge in [-0.3, -0.25) is 4.90 Å². The van der Waals surface area contributed by atoms with Crippen molar-refractivity contribution in [3.8, 4) is 0 Å². The fourth-order valence-corrected chi connectivity index (χ4v) is 5.27. The number of fused-ring (bicyclic) bond motifs is 1. The number of benzene rings is 1. The zero-order valence-corrected chi connectivity index (χ0v) is 21.6. The monoisotopic (exact) mass is 494 g/mol. The van der Waals surface area contributed by atoms with E-state index >= 15 is 0 Å². The molecule has 2 aliphatic heterocycles. The Hall–Kier alpha value is -2.26. The van der Waals surface area contributed by atoms with Crippen LogP contribution in [0.2, 0.25) is 0 Å². The van der Waals surface area contributed by atoms with Gasteiger partial charge in [-0.05, 0) is 56.0 Å². The second-order valence-corrected chi connectivity index (χ2v) is 10.7. The number of nitrogens with zero attached hydrogens (tertiary/aromatic N) is 4. The first kappa shape index (κ1) is 24.4. The van der Waals surface area contributed by atoms with Crippen molar-refractivity contribution in [1.82, 2.24) is 20.1 Å². The molecule has 0 spiro atoms. The number of aliphatic hydroxyl groups excluding tert-OH is 1. The quantitative estimate of drug-likeness (QED) is 0.484. The van der Waals surface area contributed by atoms with Gasteiger partial charge < -0.3 is 25.5 Å². The van der Waals surface area contributed by atoms with E-state index in [1.807, 2.05) is 0 Å². The molecule has 3 heterocycles. The number of aromatic nitrogens is 1. The third-order valence-corrected chi connectivity index (χ3v) is 7.92. The van der Waals surface area contributed by atoms with Crippen LogP contribution in [0.5, 0.6) is 0 Å². The SMILES string of the molecule is CN1CCN(c2cc(C(=S)NC[C@H](O)CN3CCc4ccccc4C3)cc(NC3CCC3)n2)CC1. The molecule has 2 aromatic rings. The van der Waals surface area contributed by atoms with Crippen molar-refractivity contribution in [3.05, 3.63) is 53.1 Å². The van der Waals surface area contributed by atoms with Crippen molar-refractivity contribution >= 4 is 28.8 Å². The molecule has 0 bridgehead atoms. The van der Waals surface area contributed by atoms with E-state index in [9.17, 15) is 5.11 Å². The van der Waals surface area contributed by atoms with Gasteiger partial charge in [0.1, 0.15) is 16.6 Å². The Labute approximate surface area is 214 Å². The Balaban J connectivity index is 1.20. The minimum absolute atomic E-state index is 0.439. The largest absolute Gasteiger partial charge is 0.390 e. The smallest absolute Gasteiger partial charge is 0.131 e. The molecule has 1 saturated carbocycles. The maximum absolute atomic E-state index is 10.7. The van der Waals surface area contributed by atoms with Crippen LogP contribution >= 0.6 is 12.2 Å². The van der Waals surface area contributed by atoms with Crippen LogP contribution in [-0.4, -0.2) is 89.9 Å². The highest BCUT2D eigenvalue weighted by molar-refractivity contribution is 7.80. The van der Waals surface area contributed by atoms with Crippen LogP contribution in [0, 0.1) is 0 Å². The molecule has 1 aromatic carbocycles. The van der Waals surface area contributed by atoms with Crippen molar-refractivity contribution < 1.29 is 5.11 Å². The molecule has 35 heavy (non-hydrogen) atoms. The van der Waals surface area contributed by atoms with E-state index in [0.29, 0.717) is 24.1 Å². The van der Waals surface area contributed by atoms with Crippen molar-refractivity contribution in [2.45, 2.75) is 44.4 Å². The van der Waals surface area contributed by atoms with Gasteiger partial charge in [-0.2, -0.15) is 0 Å². The third kappa shape index (κ3) is 6.30. The maximum atomic E-state index is 10.7. The van der Waals surface area contributed by atoms with Gasteiger partial charge in [-0.1, -0.05) is 36.5 Å². The summed E-state index contributed by atoms with van der Waals surface area (Å²) >= 11 is 5.77. The summed E-state index contributed by atoms with van der Waals surface area (Å²) in [6.45, 7) is 6.96. The molecular weight excluding hydrogens is 456 g/mol. The van der Waals surface area contributed by atoms with Gasteiger partial charge in [0.25, 0.3) is 0 Å². The standard InChI is InChI=1S/C27H38N6OS/c1-31-11-13-33(14-12-31)26-16-22(15-25(30-26)29-23-7-4-8-23)27(35)28-17-24(34)19-32-10-9-20-5-2-3-6-21(20)18-32/h2-3,5-6,15-16,23-24,34H,4,7-14,17-19H2,1H3,(H,28,35)(H,29,30)/t24-/m0/s1. The van der Waals surface area contributed by atoms with Crippen LogP contribution in [0.25, 0.3) is 0 Å². The molecule has 3 aliphatic rings. The number of pyridine rings is 1. The van der Waals surface area contributed by atoms with Crippen molar-refractivity contribution in [2.75, 3.05) is 63.1 Å². The van der Waals surface area contributed by atoms with E-state index in [1.54, 1.807) is 0 Å². The lowest BCUT2D eigenvalue weighted by Crippen LogP contribution is -2.45. The molecule has 8 heteroatoms. The van der Waals surface area contributed by atoms with Gasteiger partial charge in [0.2, 0.25) is 0 Å². The van der Waals surface area contributed by atoms with Gasteiger partial charge in [-0.15, -0.1) is 0 Å². The highest BCUT2D eigenvalue weighted by atomic mass is 32.1. The predicted molar refractivity (Wildman–Crippen MR) is 146 cm³/mol. The van der Waals surface area contributed by atoms with Crippen LogP contribution in [0.3, 0.4) is 0 Å². The molecule has 1 aromatic heterocycles. The summed E-state index contributed by atoms with van der Waals surface area (Å²) < 4.78 is 0. The Bertz CT molecular complexity index is 1020. The lowest BCUT2D eigenvalue weighted by Gasteiger charge is -2.34. The lowest BCUT2D eigenvalue weighted by atomic mass is 9.93. The Morgan fingerprint density at radius 3 is 2.63 bits per heavy atom. The molecular formula is C27H38N6OS. The molecule has 2 fully saturated rings. The van der Waals surface area contributed by atoms with E-state index in [-0.39, 0.29) is 0 Å². The Morgan fingerprint density at radius 2 is 1.89 bits per heavy atom. The lowest BCUT2D eigenvalue weighted by molar-refractivity contribution is 0.108. The molecule has 0 radical (unpaired) electrons. The zero-order valence-electron chi connectivity index (χ0n) is 20.7. The summed E-state index contributed by atoms with van der Waals surface area (Å²) in [6, 6.07) is 13.3. The number of hydrogen-bond donors (Lipinski definition) is 3. The highest BCUT2D eigenvalue weighted by Gasteiger charge is 2.22. The molecule has 0 amide bonds. The van der Waals surface area contributed by atoms with E-state index in [1.165, 1.54) is 30.4 Å². The molecule has 188 valence electrons. The van der Waals surface area contributed by atoms with E-state index in [4.69, 9.17) is 17.2 Å². The number of thiocarbonyl (C=S) groups is 1. The molecule has 1 saturated heterocycles. The summed E-state index contributed by atoms with van der Waals surface area (Å²) in [5, 5.41) is 17.7. The minimum atomic E-state index is -0.482. The average molecular weight is 495 g/mol. The fraction of sp³-hybridized carbons (Fsp3) is 0.556. The van der Waals surface area contributed by atoms with Gasteiger partial charge in [-0.25, -0.2) is 4.98 Å². The molecule has 1 atom stereocenters. The number of rotatable bonds is 8. The molecule has 7 nitrogen and oxygen atoms in total. The zero-order chi connectivity index (χ0) is 24.2. The fourth-order valence-electron chi connectivity index (χ4n) is 5.07. The Morgan fingerprint density at radius 1 is 1.11 bits per heavy atom. The topological polar surface area (TPSA) is 66.9 Å². The van der Waals surface area contributed by atoms with E-state index in [2.05, 4.69) is 68.8 Å². The number of nitrogens with one attached hydrogen (secondary N) is 2. The number of anilines is 2. The summed E-state index contributed by atoms with van der Waals surface area (Å²) in [5.41, 5.74) is 3.76. The number of likely N-dealkylation sites (N-methyl/N-ethyl adjacent to an activating group) is 1. The Kier molecular flexibility index (Phi) is 7.82. The van der Waals surface area contributed by atoms with E-state index < -0.39 is 6.10 Å². The summed E-state index contributed by atoms with van der Waals surface area (Å²) in [5.74, 6) is 1.88.